The second kappa shape index (κ2) is 8.59. The van der Waals surface area contributed by atoms with Crippen molar-refractivity contribution in [3.8, 4) is 0 Å². The van der Waals surface area contributed by atoms with Gasteiger partial charge in [0.15, 0.2) is 5.78 Å². The van der Waals surface area contributed by atoms with Crippen LogP contribution in [0.4, 0.5) is 0 Å². The molecular weight excluding hydrogens is 174 g/mol. The smallest absolute Gasteiger partial charge is 0.217 e. The van der Waals surface area contributed by atoms with Crippen molar-refractivity contribution in [2.75, 3.05) is 5.75 Å². The fourth-order valence-corrected chi connectivity index (χ4v) is 0.870. The lowest BCUT2D eigenvalue weighted by Crippen LogP contribution is -2.39. The zero-order valence-electron chi connectivity index (χ0n) is 8.05. The van der Waals surface area contributed by atoms with Crippen LogP contribution >= 0.6 is 12.6 Å². The van der Waals surface area contributed by atoms with E-state index in [4.69, 9.17) is 0 Å². The van der Waals surface area contributed by atoms with Crippen molar-refractivity contribution in [3.63, 3.8) is 0 Å². The molecule has 0 radical (unpaired) electrons. The Kier molecular flexibility index (Phi) is 10.0. The summed E-state index contributed by atoms with van der Waals surface area (Å²) in [6.45, 7) is 6.80. The molecule has 0 rings (SSSR count). The molecule has 3 nitrogen and oxygen atoms in total. The molecule has 0 heterocycles. The van der Waals surface area contributed by atoms with E-state index in [0.717, 1.165) is 0 Å². The number of rotatable bonds is 3. The van der Waals surface area contributed by atoms with Crippen molar-refractivity contribution in [2.45, 2.75) is 33.7 Å². The highest BCUT2D eigenvalue weighted by Gasteiger charge is 2.11. The van der Waals surface area contributed by atoms with Crippen molar-refractivity contribution in [3.05, 3.63) is 0 Å². The van der Waals surface area contributed by atoms with Gasteiger partial charge in [-0.3, -0.25) is 9.59 Å². The number of hydrogen-bond donors (Lipinski definition) is 2. The summed E-state index contributed by atoms with van der Waals surface area (Å²) in [7, 11) is 0. The number of nitrogens with one attached hydrogen (secondary N) is 1. The highest BCUT2D eigenvalue weighted by atomic mass is 32.1. The molecule has 0 aromatic carbocycles. The van der Waals surface area contributed by atoms with E-state index in [1.165, 1.54) is 13.8 Å². The topological polar surface area (TPSA) is 46.2 Å². The Balaban J connectivity index is 0. The average molecular weight is 191 g/mol. The van der Waals surface area contributed by atoms with E-state index < -0.39 is 6.04 Å². The van der Waals surface area contributed by atoms with Crippen LogP contribution in [-0.4, -0.2) is 23.5 Å². The molecule has 1 atom stereocenters. The third kappa shape index (κ3) is 7.60. The Morgan fingerprint density at radius 1 is 1.33 bits per heavy atom. The molecule has 0 aromatic rings. The zero-order valence-corrected chi connectivity index (χ0v) is 8.94. The number of carbonyl (C=O) groups excluding carboxylic acids is 2. The van der Waals surface area contributed by atoms with Gasteiger partial charge >= 0.3 is 0 Å². The lowest BCUT2D eigenvalue weighted by atomic mass is 10.2. The SMILES string of the molecule is CC.CC(=O)N[C@@H](CS)C(C)=O. The van der Waals surface area contributed by atoms with E-state index >= 15 is 0 Å². The van der Waals surface area contributed by atoms with E-state index in [-0.39, 0.29) is 11.7 Å². The first-order valence-corrected chi connectivity index (χ1v) is 4.59. The summed E-state index contributed by atoms with van der Waals surface area (Å²) in [4.78, 5) is 21.1. The Bertz CT molecular complexity index is 148. The summed E-state index contributed by atoms with van der Waals surface area (Å²) in [6, 6.07) is -0.430. The van der Waals surface area contributed by atoms with Crippen molar-refractivity contribution >= 4 is 24.3 Å². The van der Waals surface area contributed by atoms with Gasteiger partial charge in [0, 0.05) is 12.7 Å². The fourth-order valence-electron chi connectivity index (χ4n) is 0.521. The lowest BCUT2D eigenvalue weighted by Gasteiger charge is -2.10. The van der Waals surface area contributed by atoms with E-state index in [0.29, 0.717) is 5.75 Å². The standard InChI is InChI=1S/C6H11NO2S.C2H6/c1-4(8)6(3-10)7-5(2)9;1-2/h6,10H,3H2,1-2H3,(H,7,9);1-2H3/t6-;/m0./s1. The van der Waals surface area contributed by atoms with Crippen LogP contribution in [0, 0.1) is 0 Å². The number of ketones is 1. The Morgan fingerprint density at radius 2 is 1.75 bits per heavy atom. The van der Waals surface area contributed by atoms with Crippen molar-refractivity contribution in [1.29, 1.82) is 0 Å². The van der Waals surface area contributed by atoms with Crippen LogP contribution in [0.5, 0.6) is 0 Å². The van der Waals surface area contributed by atoms with Gasteiger partial charge in [0.05, 0.1) is 6.04 Å². The van der Waals surface area contributed by atoms with Gasteiger partial charge < -0.3 is 5.32 Å². The van der Waals surface area contributed by atoms with Gasteiger partial charge in [-0.05, 0) is 6.92 Å². The number of amides is 1. The molecule has 0 aliphatic heterocycles. The van der Waals surface area contributed by atoms with Crippen molar-refractivity contribution in [2.24, 2.45) is 0 Å². The normalized spacial score (nSPS) is 10.8. The fraction of sp³-hybridized carbons (Fsp3) is 0.750. The van der Waals surface area contributed by atoms with Gasteiger partial charge in [0.2, 0.25) is 5.91 Å². The van der Waals surface area contributed by atoms with Crippen molar-refractivity contribution in [1.82, 2.24) is 5.32 Å². The number of carbonyl (C=O) groups is 2. The van der Waals surface area contributed by atoms with Crippen LogP contribution in [0.15, 0.2) is 0 Å². The highest BCUT2D eigenvalue weighted by molar-refractivity contribution is 7.80. The predicted molar refractivity (Wildman–Crippen MR) is 53.5 cm³/mol. The molecule has 0 bridgehead atoms. The Morgan fingerprint density at radius 3 is 1.83 bits per heavy atom. The van der Waals surface area contributed by atoms with Gasteiger partial charge in [0.25, 0.3) is 0 Å². The third-order valence-corrected chi connectivity index (χ3v) is 1.42. The third-order valence-electron chi connectivity index (χ3n) is 1.05. The lowest BCUT2D eigenvalue weighted by molar-refractivity contribution is -0.125. The van der Waals surface area contributed by atoms with Crippen LogP contribution in [0.25, 0.3) is 0 Å². The summed E-state index contributed by atoms with van der Waals surface area (Å²) in [6.07, 6.45) is 0. The van der Waals surface area contributed by atoms with Gasteiger partial charge in [-0.1, -0.05) is 13.8 Å². The molecule has 0 aliphatic carbocycles. The summed E-state index contributed by atoms with van der Waals surface area (Å²) >= 11 is 3.89. The second-order valence-corrected chi connectivity index (χ2v) is 2.41. The minimum absolute atomic E-state index is 0.0646. The Hall–Kier alpha value is -0.510. The molecule has 4 heteroatoms. The van der Waals surface area contributed by atoms with Crippen LogP contribution in [0.1, 0.15) is 27.7 Å². The first-order chi connectivity index (χ1) is 5.57. The molecule has 0 aromatic heterocycles. The highest BCUT2D eigenvalue weighted by Crippen LogP contribution is 1.88. The summed E-state index contributed by atoms with van der Waals surface area (Å²) in [5.74, 6) is 0.0917. The van der Waals surface area contributed by atoms with E-state index in [1.54, 1.807) is 0 Å². The summed E-state index contributed by atoms with van der Waals surface area (Å²) in [5.41, 5.74) is 0. The van der Waals surface area contributed by atoms with Gasteiger partial charge in [-0.15, -0.1) is 0 Å². The minimum atomic E-state index is -0.430. The molecule has 0 aliphatic rings. The molecule has 72 valence electrons. The maximum atomic E-state index is 10.6. The monoisotopic (exact) mass is 191 g/mol. The summed E-state index contributed by atoms with van der Waals surface area (Å²) in [5, 5.41) is 2.46. The first kappa shape index (κ1) is 14.0. The molecule has 0 unspecified atom stereocenters. The second-order valence-electron chi connectivity index (χ2n) is 2.05. The average Bonchev–Trinajstić information content (AvgIpc) is 2.03. The molecule has 0 spiro atoms. The van der Waals surface area contributed by atoms with Crippen molar-refractivity contribution < 1.29 is 9.59 Å². The van der Waals surface area contributed by atoms with Gasteiger partial charge in [-0.2, -0.15) is 12.6 Å². The quantitative estimate of drug-likeness (QED) is 0.655. The van der Waals surface area contributed by atoms with E-state index in [2.05, 4.69) is 17.9 Å². The zero-order chi connectivity index (χ0) is 10.1. The number of thiol groups is 1. The predicted octanol–water partition coefficient (Wildman–Crippen LogP) is 1.04. The number of Topliss-reactive ketones (excluding diaryl/α,β-unsaturated/α-hetero) is 1. The molecule has 0 saturated carbocycles. The van der Waals surface area contributed by atoms with E-state index in [9.17, 15) is 9.59 Å². The van der Waals surface area contributed by atoms with Crippen LogP contribution in [0.2, 0.25) is 0 Å². The molecule has 1 N–H and O–H groups in total. The van der Waals surface area contributed by atoms with Crippen LogP contribution in [-0.2, 0) is 9.59 Å². The van der Waals surface area contributed by atoms with E-state index in [1.807, 2.05) is 13.8 Å². The molecule has 12 heavy (non-hydrogen) atoms. The largest absolute Gasteiger partial charge is 0.346 e. The molecule has 0 saturated heterocycles. The maximum absolute atomic E-state index is 10.6. The van der Waals surface area contributed by atoms with Gasteiger partial charge in [0.1, 0.15) is 0 Å². The van der Waals surface area contributed by atoms with Gasteiger partial charge in [-0.25, -0.2) is 0 Å². The first-order valence-electron chi connectivity index (χ1n) is 3.96. The molecule has 1 amide bonds. The summed E-state index contributed by atoms with van der Waals surface area (Å²) < 4.78 is 0. The van der Waals surface area contributed by atoms with Crippen LogP contribution in [0.3, 0.4) is 0 Å². The Labute approximate surface area is 79.3 Å². The minimum Gasteiger partial charge on any atom is -0.346 e. The maximum Gasteiger partial charge on any atom is 0.217 e. The molecule has 0 fully saturated rings. The number of hydrogen-bond acceptors (Lipinski definition) is 3. The van der Waals surface area contributed by atoms with Crippen LogP contribution < -0.4 is 5.32 Å². The molecular formula is C8H17NO2S.